The maximum absolute atomic E-state index is 12.5. The third kappa shape index (κ3) is 4.13. The van der Waals surface area contributed by atoms with Crippen LogP contribution in [0.4, 0.5) is 11.4 Å². The fourth-order valence-corrected chi connectivity index (χ4v) is 2.31. The number of carbonyl (C=O) groups excluding carboxylic acids is 1. The van der Waals surface area contributed by atoms with Crippen LogP contribution in [0.3, 0.4) is 0 Å². The summed E-state index contributed by atoms with van der Waals surface area (Å²) in [6.45, 7) is 1.84. The maximum atomic E-state index is 12.5. The van der Waals surface area contributed by atoms with E-state index in [1.54, 1.807) is 25.3 Å². The first-order valence-electron chi connectivity index (χ1n) is 7.25. The summed E-state index contributed by atoms with van der Waals surface area (Å²) >= 11 is 5.98. The Morgan fingerprint density at radius 1 is 1.26 bits per heavy atom. The van der Waals surface area contributed by atoms with E-state index in [4.69, 9.17) is 16.3 Å². The van der Waals surface area contributed by atoms with Crippen molar-refractivity contribution in [3.8, 4) is 5.75 Å². The van der Waals surface area contributed by atoms with Crippen molar-refractivity contribution in [2.24, 2.45) is 0 Å². The van der Waals surface area contributed by atoms with E-state index in [0.717, 1.165) is 5.69 Å². The number of rotatable bonds is 5. The molecule has 1 atom stereocenters. The number of ether oxygens (including phenoxy) is 1. The molecule has 2 rings (SSSR count). The number of hydrogen-bond acceptors (Lipinski definition) is 3. The average molecular weight is 335 g/mol. The Morgan fingerprint density at radius 2 is 1.91 bits per heavy atom. The number of aromatic nitrogens is 1. The summed E-state index contributed by atoms with van der Waals surface area (Å²) in [6, 6.07) is 8.67. The third-order valence-corrected chi connectivity index (χ3v) is 3.83. The van der Waals surface area contributed by atoms with Gasteiger partial charge in [-0.3, -0.25) is 4.79 Å². The van der Waals surface area contributed by atoms with Gasteiger partial charge in [-0.15, -0.1) is 0 Å². The number of benzene rings is 1. The molecule has 2 aromatic rings. The predicted molar refractivity (Wildman–Crippen MR) is 92.3 cm³/mol. The molecule has 0 aliphatic heterocycles. The van der Waals surface area contributed by atoms with Gasteiger partial charge in [-0.05, 0) is 18.2 Å². The zero-order valence-corrected chi connectivity index (χ0v) is 14.5. The van der Waals surface area contributed by atoms with Crippen LogP contribution in [0.1, 0.15) is 13.0 Å². The molecule has 0 fully saturated rings. The zero-order chi connectivity index (χ0) is 17.0. The van der Waals surface area contributed by atoms with Crippen LogP contribution in [-0.2, 0) is 4.79 Å². The molecule has 0 aliphatic rings. The minimum absolute atomic E-state index is 0.145. The molecule has 1 aromatic carbocycles. The van der Waals surface area contributed by atoms with Gasteiger partial charge in [-0.25, -0.2) is 0 Å². The number of nitrogens with zero attached hydrogens (tertiary/aromatic N) is 2. The van der Waals surface area contributed by atoms with Crippen LogP contribution in [0.15, 0.2) is 42.7 Å². The number of halogens is 1. The van der Waals surface area contributed by atoms with E-state index in [0.29, 0.717) is 16.5 Å². The molecule has 6 heteroatoms. The topological polar surface area (TPSA) is 45.5 Å². The summed E-state index contributed by atoms with van der Waals surface area (Å²) in [5.74, 6) is 0.427. The maximum Gasteiger partial charge on any atom is 0.293 e. The molecule has 1 amide bonds. The van der Waals surface area contributed by atoms with E-state index >= 15 is 0 Å². The molecule has 0 spiro atoms. The lowest BCUT2D eigenvalue weighted by molar-refractivity contribution is -0.705. The van der Waals surface area contributed by atoms with Gasteiger partial charge in [-0.1, -0.05) is 11.6 Å². The fourth-order valence-electron chi connectivity index (χ4n) is 2.14. The van der Waals surface area contributed by atoms with Gasteiger partial charge < -0.3 is 15.0 Å². The van der Waals surface area contributed by atoms with Crippen LogP contribution in [0, 0.1) is 0 Å². The molecule has 0 saturated heterocycles. The molecule has 0 aliphatic carbocycles. The molecular formula is C17H21ClN3O2+. The summed E-state index contributed by atoms with van der Waals surface area (Å²) in [6.07, 6.45) is 3.77. The van der Waals surface area contributed by atoms with Crippen LogP contribution in [0.5, 0.6) is 5.75 Å². The van der Waals surface area contributed by atoms with E-state index in [2.05, 4.69) is 5.32 Å². The van der Waals surface area contributed by atoms with E-state index in [1.165, 1.54) is 0 Å². The highest BCUT2D eigenvalue weighted by molar-refractivity contribution is 6.31. The zero-order valence-electron chi connectivity index (χ0n) is 13.7. The van der Waals surface area contributed by atoms with Crippen molar-refractivity contribution >= 4 is 28.9 Å². The monoisotopic (exact) mass is 334 g/mol. The van der Waals surface area contributed by atoms with Crippen molar-refractivity contribution in [2.75, 3.05) is 31.4 Å². The number of carbonyl (C=O) groups is 1. The molecule has 122 valence electrons. The first-order valence-corrected chi connectivity index (χ1v) is 7.62. The molecule has 1 heterocycles. The number of amides is 1. The van der Waals surface area contributed by atoms with Gasteiger partial charge in [0.25, 0.3) is 5.91 Å². The number of pyridine rings is 1. The number of methoxy groups -OCH3 is 1. The van der Waals surface area contributed by atoms with E-state index in [-0.39, 0.29) is 11.9 Å². The molecule has 0 saturated carbocycles. The Kier molecular flexibility index (Phi) is 5.45. The Bertz CT molecular complexity index is 687. The number of hydrogen-bond donors (Lipinski definition) is 1. The van der Waals surface area contributed by atoms with Gasteiger partial charge in [0, 0.05) is 43.9 Å². The Balaban J connectivity index is 2.15. The molecule has 0 unspecified atom stereocenters. The Hall–Kier alpha value is -2.27. The fraction of sp³-hybridized carbons (Fsp3) is 0.294. The Labute approximate surface area is 141 Å². The smallest absolute Gasteiger partial charge is 0.293 e. The van der Waals surface area contributed by atoms with Gasteiger partial charge >= 0.3 is 0 Å². The third-order valence-electron chi connectivity index (χ3n) is 3.60. The van der Waals surface area contributed by atoms with Crippen molar-refractivity contribution in [3.05, 3.63) is 47.7 Å². The largest absolute Gasteiger partial charge is 0.495 e. The van der Waals surface area contributed by atoms with E-state index in [9.17, 15) is 4.79 Å². The van der Waals surface area contributed by atoms with Gasteiger partial charge in [0.05, 0.1) is 12.8 Å². The summed E-state index contributed by atoms with van der Waals surface area (Å²) in [5.41, 5.74) is 1.63. The van der Waals surface area contributed by atoms with E-state index < -0.39 is 0 Å². The van der Waals surface area contributed by atoms with Crippen molar-refractivity contribution < 1.29 is 14.1 Å². The normalized spacial score (nSPS) is 11.7. The molecular weight excluding hydrogens is 314 g/mol. The quantitative estimate of drug-likeness (QED) is 0.855. The van der Waals surface area contributed by atoms with Crippen molar-refractivity contribution in [3.63, 3.8) is 0 Å². The van der Waals surface area contributed by atoms with Gasteiger partial charge in [0.15, 0.2) is 12.4 Å². The summed E-state index contributed by atoms with van der Waals surface area (Å²) < 4.78 is 7.09. The first-order chi connectivity index (χ1) is 10.9. The molecule has 0 radical (unpaired) electrons. The highest BCUT2D eigenvalue weighted by atomic mass is 35.5. The first kappa shape index (κ1) is 17.1. The lowest BCUT2D eigenvalue weighted by atomic mass is 10.2. The second kappa shape index (κ2) is 7.33. The van der Waals surface area contributed by atoms with Crippen LogP contribution >= 0.6 is 11.6 Å². The van der Waals surface area contributed by atoms with Crippen molar-refractivity contribution in [2.45, 2.75) is 13.0 Å². The van der Waals surface area contributed by atoms with Crippen LogP contribution < -0.4 is 19.5 Å². The molecule has 5 nitrogen and oxygen atoms in total. The van der Waals surface area contributed by atoms with Crippen molar-refractivity contribution in [1.82, 2.24) is 0 Å². The second-order valence-electron chi connectivity index (χ2n) is 5.41. The van der Waals surface area contributed by atoms with Gasteiger partial charge in [0.2, 0.25) is 6.04 Å². The Morgan fingerprint density at radius 3 is 2.48 bits per heavy atom. The molecule has 1 aromatic heterocycles. The number of anilines is 2. The van der Waals surface area contributed by atoms with Crippen LogP contribution in [-0.4, -0.2) is 27.1 Å². The van der Waals surface area contributed by atoms with E-state index in [1.807, 2.05) is 55.0 Å². The van der Waals surface area contributed by atoms with Gasteiger partial charge in [-0.2, -0.15) is 4.57 Å². The summed E-state index contributed by atoms with van der Waals surface area (Å²) in [4.78, 5) is 14.5. The minimum Gasteiger partial charge on any atom is -0.495 e. The summed E-state index contributed by atoms with van der Waals surface area (Å²) in [5, 5.41) is 3.40. The SMILES string of the molecule is COc1ccc(Cl)cc1NC(=O)[C@H](C)[n+]1ccc(N(C)C)cc1. The van der Waals surface area contributed by atoms with Crippen LogP contribution in [0.2, 0.25) is 5.02 Å². The molecule has 1 N–H and O–H groups in total. The standard InChI is InChI=1S/C17H20ClN3O2/c1-12(21-9-7-14(8-10-21)20(2)3)17(22)19-15-11-13(18)5-6-16(15)23-4/h5-12H,1-4H3/p+1/t12-/m0/s1. The number of nitrogens with one attached hydrogen (secondary N) is 1. The second-order valence-corrected chi connectivity index (χ2v) is 5.84. The highest BCUT2D eigenvalue weighted by Crippen LogP contribution is 2.28. The predicted octanol–water partition coefficient (Wildman–Crippen LogP) is 2.90. The van der Waals surface area contributed by atoms with Crippen LogP contribution in [0.25, 0.3) is 0 Å². The molecule has 23 heavy (non-hydrogen) atoms. The minimum atomic E-state index is -0.366. The lowest BCUT2D eigenvalue weighted by Gasteiger charge is -2.14. The highest BCUT2D eigenvalue weighted by Gasteiger charge is 2.23. The van der Waals surface area contributed by atoms with Gasteiger partial charge in [0.1, 0.15) is 5.75 Å². The summed E-state index contributed by atoms with van der Waals surface area (Å²) in [7, 11) is 5.50. The average Bonchev–Trinajstić information content (AvgIpc) is 2.54. The van der Waals surface area contributed by atoms with Crippen molar-refractivity contribution in [1.29, 1.82) is 0 Å². The molecule has 0 bridgehead atoms. The lowest BCUT2D eigenvalue weighted by Crippen LogP contribution is -2.44.